The van der Waals surface area contributed by atoms with E-state index in [-0.39, 0.29) is 5.41 Å². The van der Waals surface area contributed by atoms with Crippen LogP contribution in [0, 0.1) is 0 Å². The van der Waals surface area contributed by atoms with Gasteiger partial charge in [-0.3, -0.25) is 4.99 Å². The topological polar surface area (TPSA) is 20.5 Å². The lowest BCUT2D eigenvalue weighted by Gasteiger charge is -2.29. The predicted molar refractivity (Wildman–Crippen MR) is 264 cm³/mol. The lowest BCUT2D eigenvalue weighted by Crippen LogP contribution is -2.31. The lowest BCUT2D eigenvalue weighted by atomic mass is 9.71. The number of para-hydroxylation sites is 1. The molecule has 2 aliphatic rings. The monoisotopic (exact) mass is 807 g/mol. The van der Waals surface area contributed by atoms with E-state index in [1.807, 2.05) is 0 Å². The highest BCUT2D eigenvalue weighted by atomic mass is 15.1. The summed E-state index contributed by atoms with van der Waals surface area (Å²) in [6, 6.07) is 79.6. The first-order valence-corrected chi connectivity index (χ1v) is 22.0. The molecule has 0 bridgehead atoms. The minimum absolute atomic E-state index is 0.115. The van der Waals surface area contributed by atoms with Crippen LogP contribution in [0.5, 0.6) is 0 Å². The Morgan fingerprint density at radius 2 is 1.00 bits per heavy atom. The van der Waals surface area contributed by atoms with Crippen LogP contribution in [-0.4, -0.2) is 10.3 Å². The van der Waals surface area contributed by atoms with E-state index >= 15 is 0 Å². The van der Waals surface area contributed by atoms with Gasteiger partial charge in [-0.1, -0.05) is 172 Å². The number of rotatable bonds is 7. The Bertz CT molecular complexity index is 3400. The minimum Gasteiger partial charge on any atom is -0.310 e. The second kappa shape index (κ2) is 14.2. The first-order valence-electron chi connectivity index (χ1n) is 22.0. The highest BCUT2D eigenvalue weighted by molar-refractivity contribution is 6.22. The summed E-state index contributed by atoms with van der Waals surface area (Å²) in [6.07, 6.45) is 0. The summed E-state index contributed by atoms with van der Waals surface area (Å²) in [5.74, 6) is 0. The molecule has 10 aromatic rings. The Morgan fingerprint density at radius 1 is 0.429 bits per heavy atom. The number of anilines is 3. The van der Waals surface area contributed by atoms with E-state index in [1.165, 1.54) is 55.3 Å². The van der Waals surface area contributed by atoms with Crippen molar-refractivity contribution in [2.45, 2.75) is 31.6 Å². The van der Waals surface area contributed by atoms with Crippen molar-refractivity contribution in [3.63, 3.8) is 0 Å². The van der Waals surface area contributed by atoms with Crippen molar-refractivity contribution in [3.05, 3.63) is 246 Å². The summed E-state index contributed by atoms with van der Waals surface area (Å²) >= 11 is 0. The van der Waals surface area contributed by atoms with E-state index in [0.717, 1.165) is 50.7 Å². The van der Waals surface area contributed by atoms with Crippen LogP contribution in [0.1, 0.15) is 48.6 Å². The molecule has 3 nitrogen and oxygen atoms in total. The van der Waals surface area contributed by atoms with Crippen molar-refractivity contribution in [2.24, 2.45) is 4.99 Å². The first-order chi connectivity index (χ1) is 30.9. The van der Waals surface area contributed by atoms with Crippen LogP contribution in [0.2, 0.25) is 0 Å². The van der Waals surface area contributed by atoms with Crippen LogP contribution in [0.3, 0.4) is 0 Å². The Labute approximate surface area is 368 Å². The zero-order valence-electron chi connectivity index (χ0n) is 35.6. The number of aliphatic imine (C=N–C) groups is 1. The summed E-state index contributed by atoms with van der Waals surface area (Å²) < 4.78 is 2.42. The van der Waals surface area contributed by atoms with Crippen LogP contribution >= 0.6 is 0 Å². The fraction of sp³-hybridized carbons (Fsp3) is 0.0833. The van der Waals surface area contributed by atoms with Gasteiger partial charge < -0.3 is 9.47 Å². The van der Waals surface area contributed by atoms with Crippen molar-refractivity contribution < 1.29 is 0 Å². The maximum atomic E-state index is 5.61. The van der Waals surface area contributed by atoms with Gasteiger partial charge in [-0.2, -0.15) is 0 Å². The van der Waals surface area contributed by atoms with Gasteiger partial charge in [0.1, 0.15) is 0 Å². The van der Waals surface area contributed by atoms with Crippen molar-refractivity contribution in [1.82, 2.24) is 4.57 Å². The van der Waals surface area contributed by atoms with Crippen LogP contribution in [-0.2, 0) is 10.8 Å². The predicted octanol–water partition coefficient (Wildman–Crippen LogP) is 15.7. The maximum absolute atomic E-state index is 5.61. The fourth-order valence-electron chi connectivity index (χ4n) is 10.7. The van der Waals surface area contributed by atoms with Crippen LogP contribution < -0.4 is 4.90 Å². The van der Waals surface area contributed by atoms with Gasteiger partial charge in [0.15, 0.2) is 0 Å². The van der Waals surface area contributed by atoms with Crippen molar-refractivity contribution in [1.29, 1.82) is 0 Å². The third-order valence-electron chi connectivity index (χ3n) is 13.9. The quantitative estimate of drug-likeness (QED) is 0.157. The molecule has 1 unspecified atom stereocenters. The van der Waals surface area contributed by atoms with E-state index < -0.39 is 5.41 Å². The highest BCUT2D eigenvalue weighted by Crippen LogP contribution is 2.53. The van der Waals surface area contributed by atoms with Gasteiger partial charge >= 0.3 is 0 Å². The van der Waals surface area contributed by atoms with Crippen molar-refractivity contribution in [3.8, 4) is 27.9 Å². The molecule has 300 valence electrons. The second-order valence-electron chi connectivity index (χ2n) is 17.7. The number of nitrogens with zero attached hydrogens (tertiary/aromatic N) is 3. The third-order valence-corrected chi connectivity index (χ3v) is 13.9. The zero-order chi connectivity index (χ0) is 42.3. The molecule has 0 saturated heterocycles. The summed E-state index contributed by atoms with van der Waals surface area (Å²) in [5.41, 5.74) is 19.7. The lowest BCUT2D eigenvalue weighted by molar-refractivity contribution is 0.660. The Kier molecular flexibility index (Phi) is 8.32. The second-order valence-corrected chi connectivity index (χ2v) is 17.7. The van der Waals surface area contributed by atoms with E-state index in [0.29, 0.717) is 0 Å². The Hall–Kier alpha value is -7.75. The molecule has 0 N–H and O–H groups in total. The smallest absolute Gasteiger partial charge is 0.0779 e. The van der Waals surface area contributed by atoms with E-state index in [9.17, 15) is 0 Å². The van der Waals surface area contributed by atoms with E-state index in [2.05, 4.69) is 249 Å². The number of benzene rings is 9. The number of hydrogen-bond acceptors (Lipinski definition) is 2. The summed E-state index contributed by atoms with van der Waals surface area (Å²) in [4.78, 5) is 8.02. The summed E-state index contributed by atoms with van der Waals surface area (Å²) in [5, 5.41) is 2.38. The van der Waals surface area contributed by atoms with Crippen LogP contribution in [0.25, 0.3) is 49.7 Å². The Morgan fingerprint density at radius 3 is 1.73 bits per heavy atom. The van der Waals surface area contributed by atoms with E-state index in [4.69, 9.17) is 4.99 Å². The van der Waals surface area contributed by atoms with E-state index in [1.54, 1.807) is 0 Å². The molecule has 2 heterocycles. The average molecular weight is 808 g/mol. The number of fused-ring (bicyclic) bond motifs is 8. The van der Waals surface area contributed by atoms with Crippen molar-refractivity contribution >= 4 is 50.3 Å². The van der Waals surface area contributed by atoms with Gasteiger partial charge in [0.25, 0.3) is 0 Å². The highest BCUT2D eigenvalue weighted by Gasteiger charge is 2.43. The van der Waals surface area contributed by atoms with Gasteiger partial charge in [0.2, 0.25) is 0 Å². The van der Waals surface area contributed by atoms with Gasteiger partial charge in [-0.15, -0.1) is 0 Å². The molecular weight excluding hydrogens is 763 g/mol. The minimum atomic E-state index is -0.421. The summed E-state index contributed by atoms with van der Waals surface area (Å²) in [7, 11) is 0. The Balaban J connectivity index is 1.01. The molecule has 3 heteroatoms. The number of hydrogen-bond donors (Lipinski definition) is 0. The van der Waals surface area contributed by atoms with Crippen molar-refractivity contribution in [2.75, 3.05) is 4.90 Å². The largest absolute Gasteiger partial charge is 0.310 e. The number of aromatic nitrogens is 1. The van der Waals surface area contributed by atoms with Gasteiger partial charge in [0, 0.05) is 38.9 Å². The average Bonchev–Trinajstić information content (AvgIpc) is 3.93. The fourth-order valence-corrected chi connectivity index (χ4v) is 10.7. The molecular formula is C60H45N3. The van der Waals surface area contributed by atoms with Gasteiger partial charge in [-0.25, -0.2) is 0 Å². The first kappa shape index (κ1) is 37.0. The van der Waals surface area contributed by atoms with Crippen LogP contribution in [0.4, 0.5) is 22.7 Å². The normalized spacial score (nSPS) is 15.8. The molecule has 63 heavy (non-hydrogen) atoms. The molecule has 1 atom stereocenters. The van der Waals surface area contributed by atoms with Crippen LogP contribution in [0.15, 0.2) is 223 Å². The molecule has 0 spiro atoms. The summed E-state index contributed by atoms with van der Waals surface area (Å²) in [6.45, 7) is 7.05. The zero-order valence-corrected chi connectivity index (χ0v) is 35.6. The molecule has 1 aliphatic carbocycles. The standard InChI is InChI=1S/C60H45N3/c1-59(2)51-25-15-13-23-48(51)49-36-35-47(39-53(49)59)62(44-29-27-41(28-30-44)40-17-7-4-8-18-40)45-31-33-46(34-32-45)63-54-26-16-14-24-50(54)56-55(63)38-37-52-57(56)61-58(42-19-9-5-10-20-42)60(52,3)43-21-11-6-12-22-43/h4-39H,1-3H3. The molecule has 0 amide bonds. The molecule has 0 fully saturated rings. The third kappa shape index (κ3) is 5.63. The molecule has 1 aromatic heterocycles. The molecule has 12 rings (SSSR count). The SMILES string of the molecule is CC1(C)c2ccccc2-c2ccc(N(c3ccc(-c4ccccc4)cc3)c3ccc(-n4c5ccccc5c5c6c(ccc54)C(C)(c4ccccc4)C(c4ccccc4)=N6)cc3)cc21. The van der Waals surface area contributed by atoms with Gasteiger partial charge in [-0.05, 0) is 118 Å². The molecule has 9 aromatic carbocycles. The molecule has 0 radical (unpaired) electrons. The van der Waals surface area contributed by atoms with Gasteiger partial charge in [0.05, 0.1) is 27.8 Å². The molecule has 1 aliphatic heterocycles. The molecule has 0 saturated carbocycles. The maximum Gasteiger partial charge on any atom is 0.0779 e.